The van der Waals surface area contributed by atoms with Crippen LogP contribution in [0.3, 0.4) is 0 Å². The van der Waals surface area contributed by atoms with Crippen LogP contribution in [0.1, 0.15) is 71.6 Å². The molecule has 4 aliphatic carbocycles. The van der Waals surface area contributed by atoms with E-state index < -0.39 is 12.2 Å². The first-order chi connectivity index (χ1) is 14.3. The lowest BCUT2D eigenvalue weighted by Gasteiger charge is -2.44. The first-order valence-corrected chi connectivity index (χ1v) is 12.1. The minimum absolute atomic E-state index is 0.250. The molecule has 4 fully saturated rings. The summed E-state index contributed by atoms with van der Waals surface area (Å²) in [6.07, 6.45) is 16.9. The quantitative estimate of drug-likeness (QED) is 0.551. The highest BCUT2D eigenvalue weighted by molar-refractivity contribution is 5.38. The van der Waals surface area contributed by atoms with Crippen LogP contribution < -0.4 is 0 Å². The molecule has 0 saturated heterocycles. The Balaban J connectivity index is 1.48. The van der Waals surface area contributed by atoms with Crippen LogP contribution in [0.2, 0.25) is 0 Å². The van der Waals surface area contributed by atoms with E-state index in [1.807, 2.05) is 0 Å². The van der Waals surface area contributed by atoms with E-state index in [0.29, 0.717) is 41.9 Å². The van der Waals surface area contributed by atoms with Gasteiger partial charge < -0.3 is 15.3 Å². The van der Waals surface area contributed by atoms with Crippen molar-refractivity contribution in [3.8, 4) is 0 Å². The second-order valence-corrected chi connectivity index (χ2v) is 10.7. The molecule has 0 aromatic heterocycles. The number of aliphatic hydroxyl groups is 3. The van der Waals surface area contributed by atoms with Crippen molar-refractivity contribution in [1.82, 2.24) is 0 Å². The monoisotopic (exact) mass is 412 g/mol. The molecule has 0 spiro atoms. The topological polar surface area (TPSA) is 60.7 Å². The third-order valence-electron chi connectivity index (χ3n) is 8.65. The van der Waals surface area contributed by atoms with Gasteiger partial charge in [0.1, 0.15) is 0 Å². The molecule has 3 unspecified atom stereocenters. The lowest BCUT2D eigenvalue weighted by Crippen LogP contribution is -2.35. The largest absolute Gasteiger partial charge is 0.393 e. The van der Waals surface area contributed by atoms with E-state index in [-0.39, 0.29) is 6.10 Å². The SMILES string of the molecule is C=C1/C(=C\C=C2/CCC[C@]3(C)[C@@H]([C@H](C)/C=C/C(O)C4CC4)CC[C@@H]23)CC(O)CC1O. The molecule has 3 N–H and O–H groups in total. The summed E-state index contributed by atoms with van der Waals surface area (Å²) in [7, 11) is 0. The first-order valence-electron chi connectivity index (χ1n) is 12.1. The number of rotatable bonds is 5. The molecule has 30 heavy (non-hydrogen) atoms. The number of aliphatic hydroxyl groups excluding tert-OH is 3. The Bertz CT molecular complexity index is 743. The minimum atomic E-state index is -0.621. The highest BCUT2D eigenvalue weighted by Gasteiger charge is 2.50. The summed E-state index contributed by atoms with van der Waals surface area (Å²) in [5.41, 5.74) is 3.63. The zero-order chi connectivity index (χ0) is 21.5. The van der Waals surface area contributed by atoms with E-state index in [1.54, 1.807) is 0 Å². The fraction of sp³-hybridized carbons (Fsp3) is 0.704. The average molecular weight is 413 g/mol. The van der Waals surface area contributed by atoms with Gasteiger partial charge in [0.25, 0.3) is 0 Å². The lowest BCUT2D eigenvalue weighted by atomic mass is 9.61. The van der Waals surface area contributed by atoms with Gasteiger partial charge in [-0.1, -0.05) is 50.3 Å². The van der Waals surface area contributed by atoms with Gasteiger partial charge >= 0.3 is 0 Å². The molecule has 0 heterocycles. The number of hydrogen-bond acceptors (Lipinski definition) is 3. The van der Waals surface area contributed by atoms with Gasteiger partial charge in [-0.2, -0.15) is 0 Å². The van der Waals surface area contributed by atoms with Crippen molar-refractivity contribution < 1.29 is 15.3 Å². The van der Waals surface area contributed by atoms with E-state index in [4.69, 9.17) is 0 Å². The summed E-state index contributed by atoms with van der Waals surface area (Å²) >= 11 is 0. The van der Waals surface area contributed by atoms with Gasteiger partial charge in [0, 0.05) is 6.42 Å². The summed E-state index contributed by atoms with van der Waals surface area (Å²) in [5.74, 6) is 2.28. The second-order valence-electron chi connectivity index (χ2n) is 10.7. The van der Waals surface area contributed by atoms with Gasteiger partial charge in [-0.15, -0.1) is 0 Å². The van der Waals surface area contributed by atoms with Gasteiger partial charge in [-0.3, -0.25) is 0 Å². The van der Waals surface area contributed by atoms with Crippen LogP contribution in [0.15, 0.2) is 47.6 Å². The molecular formula is C27H40O3. The Morgan fingerprint density at radius 3 is 2.60 bits per heavy atom. The van der Waals surface area contributed by atoms with Crippen molar-refractivity contribution in [3.05, 3.63) is 47.6 Å². The van der Waals surface area contributed by atoms with E-state index in [2.05, 4.69) is 44.7 Å². The van der Waals surface area contributed by atoms with E-state index >= 15 is 0 Å². The number of allylic oxidation sites excluding steroid dienone is 4. The van der Waals surface area contributed by atoms with Crippen LogP contribution in [-0.4, -0.2) is 33.6 Å². The van der Waals surface area contributed by atoms with Crippen LogP contribution in [0.4, 0.5) is 0 Å². The van der Waals surface area contributed by atoms with Crippen LogP contribution >= 0.6 is 0 Å². The molecule has 3 nitrogen and oxygen atoms in total. The smallest absolute Gasteiger partial charge is 0.0811 e. The van der Waals surface area contributed by atoms with Crippen LogP contribution in [0.5, 0.6) is 0 Å². The van der Waals surface area contributed by atoms with E-state index in [9.17, 15) is 15.3 Å². The molecule has 0 radical (unpaired) electrons. The Hall–Kier alpha value is -1.16. The molecule has 4 rings (SSSR count). The fourth-order valence-corrected chi connectivity index (χ4v) is 6.63. The second kappa shape index (κ2) is 8.76. The van der Waals surface area contributed by atoms with Crippen molar-refractivity contribution in [1.29, 1.82) is 0 Å². The van der Waals surface area contributed by atoms with Gasteiger partial charge in [0.05, 0.1) is 18.3 Å². The van der Waals surface area contributed by atoms with Crippen molar-refractivity contribution in [2.45, 2.75) is 89.9 Å². The van der Waals surface area contributed by atoms with Gasteiger partial charge in [0.2, 0.25) is 0 Å². The van der Waals surface area contributed by atoms with Crippen molar-refractivity contribution in [2.75, 3.05) is 0 Å². The maximum Gasteiger partial charge on any atom is 0.0811 e. The van der Waals surface area contributed by atoms with E-state index in [1.165, 1.54) is 44.1 Å². The molecule has 0 aromatic rings. The van der Waals surface area contributed by atoms with Crippen LogP contribution in [0, 0.1) is 29.1 Å². The summed E-state index contributed by atoms with van der Waals surface area (Å²) in [6.45, 7) is 8.88. The highest BCUT2D eigenvalue weighted by Crippen LogP contribution is 2.59. The fourth-order valence-electron chi connectivity index (χ4n) is 6.63. The van der Waals surface area contributed by atoms with Crippen LogP contribution in [-0.2, 0) is 0 Å². The molecule has 0 bridgehead atoms. The molecule has 0 aromatic carbocycles. The summed E-state index contributed by atoms with van der Waals surface area (Å²) < 4.78 is 0. The molecule has 4 aliphatic rings. The summed E-state index contributed by atoms with van der Waals surface area (Å²) in [4.78, 5) is 0. The average Bonchev–Trinajstić information content (AvgIpc) is 3.49. The standard InChI is InChI=1S/C27H40O3/c1-17(6-13-25(29)20-8-9-20)23-11-12-24-19(5-4-14-27(23,24)3)7-10-21-15-22(28)16-26(30)18(21)2/h6-7,10,13,17,20,22-26,28-30H,2,4-5,8-9,11-12,14-16H2,1,3H3/b13-6+,19-7+,21-10-/t17-,22?,23-,24+,25?,26?,27-/m1/s1. The highest BCUT2D eigenvalue weighted by atomic mass is 16.3. The summed E-state index contributed by atoms with van der Waals surface area (Å²) in [5, 5.41) is 30.4. The third-order valence-corrected chi connectivity index (χ3v) is 8.65. The zero-order valence-electron chi connectivity index (χ0n) is 18.8. The zero-order valence-corrected chi connectivity index (χ0v) is 18.8. The molecule has 7 atom stereocenters. The number of hydrogen-bond donors (Lipinski definition) is 3. The molecule has 4 saturated carbocycles. The van der Waals surface area contributed by atoms with Crippen LogP contribution in [0.25, 0.3) is 0 Å². The first kappa shape index (κ1) is 22.0. The Morgan fingerprint density at radius 1 is 1.10 bits per heavy atom. The van der Waals surface area contributed by atoms with Gasteiger partial charge in [-0.05, 0) is 91.6 Å². The number of fused-ring (bicyclic) bond motifs is 1. The lowest BCUT2D eigenvalue weighted by molar-refractivity contribution is 0.0862. The molecule has 0 amide bonds. The molecule has 166 valence electrons. The Kier molecular flexibility index (Phi) is 6.44. The Morgan fingerprint density at radius 2 is 1.87 bits per heavy atom. The molecule has 0 aliphatic heterocycles. The predicted octanol–water partition coefficient (Wildman–Crippen LogP) is 5.09. The molecule has 3 heteroatoms. The van der Waals surface area contributed by atoms with Gasteiger partial charge in [-0.25, -0.2) is 0 Å². The minimum Gasteiger partial charge on any atom is -0.393 e. The van der Waals surface area contributed by atoms with Gasteiger partial charge in [0.15, 0.2) is 0 Å². The Labute approximate surface area is 182 Å². The normalized spacial score (nSPS) is 42.1. The summed E-state index contributed by atoms with van der Waals surface area (Å²) in [6, 6.07) is 0. The predicted molar refractivity (Wildman–Crippen MR) is 122 cm³/mol. The van der Waals surface area contributed by atoms with Crippen molar-refractivity contribution >= 4 is 0 Å². The maximum absolute atomic E-state index is 10.2. The maximum atomic E-state index is 10.2. The van der Waals surface area contributed by atoms with Crippen molar-refractivity contribution in [2.24, 2.45) is 29.1 Å². The molecular weight excluding hydrogens is 372 g/mol. The van der Waals surface area contributed by atoms with E-state index in [0.717, 1.165) is 17.6 Å². The third kappa shape index (κ3) is 4.40. The van der Waals surface area contributed by atoms with Crippen molar-refractivity contribution in [3.63, 3.8) is 0 Å².